The van der Waals surface area contributed by atoms with Gasteiger partial charge in [0.15, 0.2) is 9.84 Å². The number of H-pyrrole nitrogens is 1. The summed E-state index contributed by atoms with van der Waals surface area (Å²) in [6.07, 6.45) is 1.86. The molecule has 1 fully saturated rings. The summed E-state index contributed by atoms with van der Waals surface area (Å²) in [5, 5.41) is 6.38. The number of hydrogen-bond donors (Lipinski definition) is 1. The van der Waals surface area contributed by atoms with Crippen LogP contribution >= 0.6 is 0 Å². The number of hydrogen-bond acceptors (Lipinski definition) is 6. The van der Waals surface area contributed by atoms with Crippen LogP contribution in [0.5, 0.6) is 5.75 Å². The molecule has 152 valence electrons. The minimum absolute atomic E-state index is 0.158. The van der Waals surface area contributed by atoms with Gasteiger partial charge in [-0.25, -0.2) is 8.42 Å². The minimum atomic E-state index is -3.41. The van der Waals surface area contributed by atoms with E-state index in [1.807, 2.05) is 24.3 Å². The zero-order valence-corrected chi connectivity index (χ0v) is 16.7. The van der Waals surface area contributed by atoms with E-state index in [9.17, 15) is 13.2 Å². The summed E-state index contributed by atoms with van der Waals surface area (Å²) in [4.78, 5) is 14.4. The lowest BCUT2D eigenvalue weighted by molar-refractivity contribution is 0.0787. The summed E-state index contributed by atoms with van der Waals surface area (Å²) in [5.74, 6) is 0.636. The van der Waals surface area contributed by atoms with Crippen molar-refractivity contribution in [1.29, 1.82) is 0 Å². The van der Waals surface area contributed by atoms with Crippen LogP contribution in [0.4, 0.5) is 0 Å². The second kappa shape index (κ2) is 7.75. The first-order valence-corrected chi connectivity index (χ1v) is 10.9. The predicted octanol–water partition coefficient (Wildman–Crippen LogP) is 2.51. The van der Waals surface area contributed by atoms with E-state index >= 15 is 0 Å². The van der Waals surface area contributed by atoms with Gasteiger partial charge in [-0.3, -0.25) is 9.89 Å². The van der Waals surface area contributed by atoms with E-state index in [1.165, 1.54) is 6.26 Å². The number of aromatic amines is 1. The van der Waals surface area contributed by atoms with Crippen LogP contribution in [0.25, 0.3) is 11.3 Å². The molecule has 3 heterocycles. The molecule has 0 unspecified atom stereocenters. The van der Waals surface area contributed by atoms with Crippen molar-refractivity contribution >= 4 is 15.7 Å². The molecule has 29 heavy (non-hydrogen) atoms. The van der Waals surface area contributed by atoms with Gasteiger partial charge in [0, 0.05) is 18.7 Å². The van der Waals surface area contributed by atoms with Crippen molar-refractivity contribution in [2.24, 2.45) is 0 Å². The third-order valence-electron chi connectivity index (χ3n) is 5.05. The Bertz CT molecular complexity index is 1100. The fourth-order valence-electron chi connectivity index (χ4n) is 3.51. The maximum atomic E-state index is 12.8. The number of carbonyl (C=O) groups is 1. The fourth-order valence-corrected chi connectivity index (χ4v) is 5.18. The van der Waals surface area contributed by atoms with Crippen molar-refractivity contribution in [2.45, 2.75) is 17.4 Å². The van der Waals surface area contributed by atoms with Crippen molar-refractivity contribution in [3.63, 3.8) is 0 Å². The first-order chi connectivity index (χ1) is 14.0. The average molecular weight is 415 g/mol. The van der Waals surface area contributed by atoms with E-state index in [-0.39, 0.29) is 18.2 Å². The highest BCUT2D eigenvalue weighted by Crippen LogP contribution is 2.29. The second-order valence-electron chi connectivity index (χ2n) is 6.92. The molecule has 1 amide bonds. The molecule has 1 aliphatic rings. The zero-order chi connectivity index (χ0) is 20.4. The van der Waals surface area contributed by atoms with E-state index in [0.717, 1.165) is 5.56 Å². The van der Waals surface area contributed by atoms with E-state index in [0.29, 0.717) is 35.9 Å². The molecule has 0 aliphatic carbocycles. The number of furan rings is 1. The van der Waals surface area contributed by atoms with E-state index in [4.69, 9.17) is 9.15 Å². The van der Waals surface area contributed by atoms with E-state index in [2.05, 4.69) is 10.2 Å². The van der Waals surface area contributed by atoms with Gasteiger partial charge >= 0.3 is 0 Å². The van der Waals surface area contributed by atoms with Crippen LogP contribution in [-0.2, 0) is 15.6 Å². The predicted molar refractivity (Wildman–Crippen MR) is 106 cm³/mol. The Morgan fingerprint density at radius 2 is 2.14 bits per heavy atom. The highest BCUT2D eigenvalue weighted by atomic mass is 32.2. The van der Waals surface area contributed by atoms with Gasteiger partial charge in [0.1, 0.15) is 23.0 Å². The summed E-state index contributed by atoms with van der Waals surface area (Å²) in [5.41, 5.74) is 1.67. The fraction of sp³-hybridized carbons (Fsp3) is 0.300. The van der Waals surface area contributed by atoms with Gasteiger partial charge in [-0.05, 0) is 36.8 Å². The van der Waals surface area contributed by atoms with Crippen LogP contribution in [0.3, 0.4) is 0 Å². The van der Waals surface area contributed by atoms with Crippen molar-refractivity contribution in [3.05, 3.63) is 60.2 Å². The van der Waals surface area contributed by atoms with E-state index in [1.54, 1.807) is 30.2 Å². The number of ether oxygens (including phenoxy) is 1. The number of carbonyl (C=O) groups excluding carboxylic acids is 1. The highest BCUT2D eigenvalue weighted by molar-refractivity contribution is 7.91. The molecule has 2 aromatic heterocycles. The lowest BCUT2D eigenvalue weighted by Crippen LogP contribution is -2.32. The number of para-hydroxylation sites is 1. The molecular weight excluding hydrogens is 394 g/mol. The van der Waals surface area contributed by atoms with Gasteiger partial charge in [0.25, 0.3) is 5.91 Å². The van der Waals surface area contributed by atoms with E-state index < -0.39 is 15.1 Å². The van der Waals surface area contributed by atoms with Crippen LogP contribution in [0.1, 0.15) is 22.7 Å². The first kappa shape index (κ1) is 19.3. The Morgan fingerprint density at radius 3 is 2.90 bits per heavy atom. The molecule has 1 N–H and O–H groups in total. The summed E-state index contributed by atoms with van der Waals surface area (Å²) in [7, 11) is -1.83. The van der Waals surface area contributed by atoms with Crippen LogP contribution < -0.4 is 4.74 Å². The molecule has 0 saturated carbocycles. The van der Waals surface area contributed by atoms with Gasteiger partial charge in [0.05, 0.1) is 24.3 Å². The standard InChI is InChI=1S/C20H21N3O5S/c1-27-19-7-3-2-6-16(19)17-11-18(22-21-17)20(24)23-9-8-15(12-23)29(25,26)13-14-5-4-10-28-14/h2-7,10-11,15H,8-9,12-13H2,1H3,(H,21,22)/t15-/m1/s1. The Hall–Kier alpha value is -3.07. The van der Waals surface area contributed by atoms with Gasteiger partial charge in [-0.1, -0.05) is 12.1 Å². The highest BCUT2D eigenvalue weighted by Gasteiger charge is 2.36. The number of rotatable bonds is 6. The summed E-state index contributed by atoms with van der Waals surface area (Å²) >= 11 is 0. The number of sulfone groups is 1. The maximum absolute atomic E-state index is 12.8. The molecule has 0 radical (unpaired) electrons. The van der Waals surface area contributed by atoms with Crippen molar-refractivity contribution < 1.29 is 22.4 Å². The quantitative estimate of drug-likeness (QED) is 0.663. The second-order valence-corrected chi connectivity index (χ2v) is 9.20. The summed E-state index contributed by atoms with van der Waals surface area (Å²) < 4.78 is 35.8. The topological polar surface area (TPSA) is 105 Å². The number of aromatic nitrogens is 2. The molecule has 1 atom stereocenters. The molecule has 1 aliphatic heterocycles. The molecule has 3 aromatic rings. The van der Waals surface area contributed by atoms with Crippen LogP contribution in [0, 0.1) is 0 Å². The van der Waals surface area contributed by atoms with Crippen LogP contribution in [0.2, 0.25) is 0 Å². The third-order valence-corrected chi connectivity index (χ3v) is 7.14. The third kappa shape index (κ3) is 3.91. The first-order valence-electron chi connectivity index (χ1n) is 9.20. The molecular formula is C20H21N3O5S. The average Bonchev–Trinajstić information content (AvgIpc) is 3.48. The summed E-state index contributed by atoms with van der Waals surface area (Å²) in [6.45, 7) is 0.536. The number of nitrogens with zero attached hydrogens (tertiary/aromatic N) is 2. The Kier molecular flexibility index (Phi) is 5.14. The lowest BCUT2D eigenvalue weighted by atomic mass is 10.1. The SMILES string of the molecule is COc1ccccc1-c1cc(C(=O)N2CC[C@@H](S(=O)(=O)Cc3ccco3)C2)[nH]n1. The molecule has 1 aromatic carbocycles. The maximum Gasteiger partial charge on any atom is 0.271 e. The van der Waals surface area contributed by atoms with Crippen molar-refractivity contribution in [2.75, 3.05) is 20.2 Å². The normalized spacial score (nSPS) is 16.9. The minimum Gasteiger partial charge on any atom is -0.496 e. The Labute approximate surface area is 168 Å². The number of nitrogens with one attached hydrogen (secondary N) is 1. The van der Waals surface area contributed by atoms with Crippen molar-refractivity contribution in [3.8, 4) is 17.0 Å². The zero-order valence-electron chi connectivity index (χ0n) is 15.9. The molecule has 1 saturated heterocycles. The number of methoxy groups -OCH3 is 1. The molecule has 4 rings (SSSR count). The number of benzene rings is 1. The van der Waals surface area contributed by atoms with Gasteiger partial charge < -0.3 is 14.1 Å². The van der Waals surface area contributed by atoms with Gasteiger partial charge in [-0.15, -0.1) is 0 Å². The van der Waals surface area contributed by atoms with Gasteiger partial charge in [-0.2, -0.15) is 5.10 Å². The Morgan fingerprint density at radius 1 is 1.31 bits per heavy atom. The Balaban J connectivity index is 1.47. The molecule has 9 heteroatoms. The number of amides is 1. The molecule has 0 spiro atoms. The molecule has 0 bridgehead atoms. The summed E-state index contributed by atoms with van der Waals surface area (Å²) in [6, 6.07) is 12.4. The van der Waals surface area contributed by atoms with Crippen LogP contribution in [0.15, 0.2) is 53.1 Å². The molecule has 8 nitrogen and oxygen atoms in total. The number of likely N-dealkylation sites (tertiary alicyclic amines) is 1. The smallest absolute Gasteiger partial charge is 0.271 e. The van der Waals surface area contributed by atoms with Crippen LogP contribution in [-0.4, -0.2) is 54.9 Å². The van der Waals surface area contributed by atoms with Gasteiger partial charge in [0.2, 0.25) is 0 Å². The lowest BCUT2D eigenvalue weighted by Gasteiger charge is -2.15. The monoisotopic (exact) mass is 415 g/mol. The largest absolute Gasteiger partial charge is 0.496 e. The van der Waals surface area contributed by atoms with Crippen molar-refractivity contribution in [1.82, 2.24) is 15.1 Å².